The van der Waals surface area contributed by atoms with Crippen LogP contribution in [0.25, 0.3) is 0 Å². The molecule has 0 radical (unpaired) electrons. The van der Waals surface area contributed by atoms with Crippen LogP contribution in [0.1, 0.15) is 11.6 Å². The number of nitrogens with two attached hydrogens (primary N) is 3. The van der Waals surface area contributed by atoms with E-state index in [1.54, 1.807) is 6.07 Å². The Bertz CT molecular complexity index is 396. The van der Waals surface area contributed by atoms with Crippen molar-refractivity contribution in [2.45, 2.75) is 6.04 Å². The Labute approximate surface area is 91.1 Å². The molecule has 0 aromatic heterocycles. The first kappa shape index (κ1) is 11.7. The van der Waals surface area contributed by atoms with Crippen LogP contribution in [0.3, 0.4) is 0 Å². The number of hydrogen-bond acceptors (Lipinski definition) is 5. The number of anilines is 1. The molecule has 0 heterocycles. The summed E-state index contributed by atoms with van der Waals surface area (Å²) in [5.41, 5.74) is 16.5. The van der Waals surface area contributed by atoms with E-state index in [0.29, 0.717) is 5.56 Å². The van der Waals surface area contributed by atoms with Crippen molar-refractivity contribution >= 4 is 23.0 Å². The summed E-state index contributed by atoms with van der Waals surface area (Å²) in [6.45, 7) is 0.154. The summed E-state index contributed by atoms with van der Waals surface area (Å²) in [7, 11) is 0. The van der Waals surface area contributed by atoms with Crippen LogP contribution in [0.2, 0.25) is 5.02 Å². The van der Waals surface area contributed by atoms with Crippen LogP contribution in [0.4, 0.5) is 11.4 Å². The predicted octanol–water partition coefficient (Wildman–Crippen LogP) is 0.789. The van der Waals surface area contributed by atoms with Crippen molar-refractivity contribution in [3.8, 4) is 0 Å². The highest BCUT2D eigenvalue weighted by Gasteiger charge is 2.22. The first-order valence-corrected chi connectivity index (χ1v) is 4.54. The molecule has 0 aliphatic heterocycles. The van der Waals surface area contributed by atoms with E-state index in [-0.39, 0.29) is 22.9 Å². The lowest BCUT2D eigenvalue weighted by Gasteiger charge is -2.11. The zero-order valence-corrected chi connectivity index (χ0v) is 8.57. The van der Waals surface area contributed by atoms with Gasteiger partial charge in [-0.15, -0.1) is 0 Å². The Morgan fingerprint density at radius 1 is 1.53 bits per heavy atom. The van der Waals surface area contributed by atoms with Gasteiger partial charge < -0.3 is 17.2 Å². The highest BCUT2D eigenvalue weighted by atomic mass is 35.5. The third-order valence-electron chi connectivity index (χ3n) is 2.01. The van der Waals surface area contributed by atoms with E-state index in [2.05, 4.69) is 0 Å². The predicted molar refractivity (Wildman–Crippen MR) is 58.5 cm³/mol. The SMILES string of the molecule is NC[C@@H](N)c1ccc(N)c([N+](=O)[O-])c1Cl. The summed E-state index contributed by atoms with van der Waals surface area (Å²) >= 11 is 5.83. The zero-order valence-electron chi connectivity index (χ0n) is 7.81. The summed E-state index contributed by atoms with van der Waals surface area (Å²) in [5.74, 6) is 0. The first-order chi connectivity index (χ1) is 6.99. The molecule has 0 spiro atoms. The Kier molecular flexibility index (Phi) is 3.46. The Balaban J connectivity index is 3.34. The second-order valence-corrected chi connectivity index (χ2v) is 3.38. The minimum atomic E-state index is -0.635. The third-order valence-corrected chi connectivity index (χ3v) is 2.41. The van der Waals surface area contributed by atoms with Gasteiger partial charge in [0.25, 0.3) is 0 Å². The van der Waals surface area contributed by atoms with Gasteiger partial charge in [-0.1, -0.05) is 17.7 Å². The molecule has 82 valence electrons. The zero-order chi connectivity index (χ0) is 11.6. The molecule has 1 aromatic carbocycles. The summed E-state index contributed by atoms with van der Waals surface area (Å²) < 4.78 is 0. The van der Waals surface area contributed by atoms with E-state index in [9.17, 15) is 10.1 Å². The van der Waals surface area contributed by atoms with Crippen molar-refractivity contribution in [2.75, 3.05) is 12.3 Å². The van der Waals surface area contributed by atoms with Crippen molar-refractivity contribution in [1.82, 2.24) is 0 Å². The van der Waals surface area contributed by atoms with Crippen molar-refractivity contribution in [3.63, 3.8) is 0 Å². The number of halogens is 1. The fraction of sp³-hybridized carbons (Fsp3) is 0.250. The third kappa shape index (κ3) is 2.17. The number of benzene rings is 1. The van der Waals surface area contributed by atoms with Gasteiger partial charge in [0.1, 0.15) is 10.7 Å². The number of nitrogen functional groups attached to an aromatic ring is 1. The average molecular weight is 231 g/mol. The van der Waals surface area contributed by atoms with Gasteiger partial charge in [-0.25, -0.2) is 0 Å². The van der Waals surface area contributed by atoms with Crippen LogP contribution in [0.15, 0.2) is 12.1 Å². The van der Waals surface area contributed by atoms with E-state index in [4.69, 9.17) is 28.8 Å². The Hall–Kier alpha value is -1.37. The summed E-state index contributed by atoms with van der Waals surface area (Å²) in [6, 6.07) is 2.41. The number of nitro benzene ring substituents is 1. The number of nitro groups is 1. The maximum absolute atomic E-state index is 10.7. The van der Waals surface area contributed by atoms with Crippen LogP contribution in [0, 0.1) is 10.1 Å². The average Bonchev–Trinajstić information content (AvgIpc) is 2.16. The lowest BCUT2D eigenvalue weighted by atomic mass is 10.1. The van der Waals surface area contributed by atoms with Crippen LogP contribution in [0.5, 0.6) is 0 Å². The van der Waals surface area contributed by atoms with Gasteiger partial charge in [0.05, 0.1) is 4.92 Å². The molecule has 1 atom stereocenters. The molecule has 1 aromatic rings. The van der Waals surface area contributed by atoms with Crippen molar-refractivity contribution < 1.29 is 4.92 Å². The van der Waals surface area contributed by atoms with E-state index in [1.165, 1.54) is 6.07 Å². The second kappa shape index (κ2) is 4.43. The molecule has 6 N–H and O–H groups in total. The number of nitrogens with zero attached hydrogens (tertiary/aromatic N) is 1. The van der Waals surface area contributed by atoms with Crippen molar-refractivity contribution in [1.29, 1.82) is 0 Å². The molecular formula is C8H11ClN4O2. The molecule has 0 saturated carbocycles. The number of rotatable bonds is 3. The molecule has 0 saturated heterocycles. The van der Waals surface area contributed by atoms with Crippen LogP contribution in [-0.4, -0.2) is 11.5 Å². The fourth-order valence-electron chi connectivity index (χ4n) is 1.19. The van der Waals surface area contributed by atoms with E-state index in [1.807, 2.05) is 0 Å². The minimum Gasteiger partial charge on any atom is -0.393 e. The van der Waals surface area contributed by atoms with Crippen molar-refractivity contribution in [3.05, 3.63) is 32.8 Å². The molecule has 7 heteroatoms. The first-order valence-electron chi connectivity index (χ1n) is 4.17. The van der Waals surface area contributed by atoms with Crippen LogP contribution < -0.4 is 17.2 Å². The van der Waals surface area contributed by atoms with Gasteiger partial charge in [-0.2, -0.15) is 0 Å². The molecular weight excluding hydrogens is 220 g/mol. The van der Waals surface area contributed by atoms with Gasteiger partial charge in [-0.05, 0) is 11.6 Å². The normalized spacial score (nSPS) is 12.5. The largest absolute Gasteiger partial charge is 0.393 e. The molecule has 15 heavy (non-hydrogen) atoms. The van der Waals surface area contributed by atoms with Gasteiger partial charge in [0.2, 0.25) is 0 Å². The fourth-order valence-corrected chi connectivity index (χ4v) is 1.58. The lowest BCUT2D eigenvalue weighted by Crippen LogP contribution is -2.21. The molecule has 0 bridgehead atoms. The number of hydrogen-bond donors (Lipinski definition) is 3. The standard InChI is InChI=1S/C8H11ClN4O2/c9-7-4(6(12)3-10)1-2-5(11)8(7)13(14)15/h1-2,6H,3,10-12H2/t6-/m1/s1. The van der Waals surface area contributed by atoms with E-state index >= 15 is 0 Å². The maximum atomic E-state index is 10.7. The molecule has 0 fully saturated rings. The molecule has 1 rings (SSSR count). The second-order valence-electron chi connectivity index (χ2n) is 3.01. The van der Waals surface area contributed by atoms with Crippen molar-refractivity contribution in [2.24, 2.45) is 11.5 Å². The molecule has 0 unspecified atom stereocenters. The smallest absolute Gasteiger partial charge is 0.310 e. The quantitative estimate of drug-likeness (QED) is 0.403. The topological polar surface area (TPSA) is 121 Å². The van der Waals surface area contributed by atoms with Gasteiger partial charge in [-0.3, -0.25) is 10.1 Å². The Morgan fingerprint density at radius 3 is 2.60 bits per heavy atom. The molecule has 0 aliphatic rings. The summed E-state index contributed by atoms with van der Waals surface area (Å²) in [5, 5.41) is 10.6. The van der Waals surface area contributed by atoms with Gasteiger partial charge >= 0.3 is 5.69 Å². The van der Waals surface area contributed by atoms with Crippen LogP contribution in [-0.2, 0) is 0 Å². The summed E-state index contributed by atoms with van der Waals surface area (Å²) in [6.07, 6.45) is 0. The molecule has 6 nitrogen and oxygen atoms in total. The van der Waals surface area contributed by atoms with Crippen LogP contribution >= 0.6 is 11.6 Å². The molecule has 0 aliphatic carbocycles. The Morgan fingerprint density at radius 2 is 2.13 bits per heavy atom. The summed E-state index contributed by atoms with van der Waals surface area (Å²) in [4.78, 5) is 10.0. The lowest BCUT2D eigenvalue weighted by molar-refractivity contribution is -0.383. The molecule has 0 amide bonds. The monoisotopic (exact) mass is 230 g/mol. The van der Waals surface area contributed by atoms with Gasteiger partial charge in [0.15, 0.2) is 0 Å². The highest BCUT2D eigenvalue weighted by molar-refractivity contribution is 6.34. The van der Waals surface area contributed by atoms with E-state index in [0.717, 1.165) is 0 Å². The highest BCUT2D eigenvalue weighted by Crippen LogP contribution is 2.35. The maximum Gasteiger partial charge on any atom is 0.310 e. The van der Waals surface area contributed by atoms with Gasteiger partial charge in [0, 0.05) is 12.6 Å². The minimum absolute atomic E-state index is 0.0120. The van der Waals surface area contributed by atoms with E-state index < -0.39 is 11.0 Å².